The van der Waals surface area contributed by atoms with Crippen LogP contribution in [0, 0.1) is 11.3 Å². The van der Waals surface area contributed by atoms with Crippen LogP contribution in [0.15, 0.2) is 36.5 Å². The van der Waals surface area contributed by atoms with Gasteiger partial charge in [-0.25, -0.2) is 4.98 Å². The molecule has 0 bridgehead atoms. The maximum atomic E-state index is 9.08. The van der Waals surface area contributed by atoms with Crippen molar-refractivity contribution in [2.75, 3.05) is 11.9 Å². The molecule has 1 aromatic heterocycles. The van der Waals surface area contributed by atoms with Gasteiger partial charge in [0.2, 0.25) is 5.88 Å². The van der Waals surface area contributed by atoms with Gasteiger partial charge in [-0.05, 0) is 36.8 Å². The number of hydrogen-bond donors (Lipinski definition) is 1. The fourth-order valence-electron chi connectivity index (χ4n) is 1.75. The molecule has 20 heavy (non-hydrogen) atoms. The second-order valence-electron chi connectivity index (χ2n) is 4.09. The van der Waals surface area contributed by atoms with E-state index < -0.39 is 0 Å². The van der Waals surface area contributed by atoms with Gasteiger partial charge in [0.15, 0.2) is 0 Å². The molecule has 0 atom stereocenters. The van der Waals surface area contributed by atoms with E-state index in [1.165, 1.54) is 0 Å². The predicted molar refractivity (Wildman–Crippen MR) is 78.9 cm³/mol. The number of nitrogens with zero attached hydrogens (tertiary/aromatic N) is 2. The number of nitrogens with one attached hydrogen (secondary N) is 1. The summed E-state index contributed by atoms with van der Waals surface area (Å²) in [7, 11) is 0. The summed E-state index contributed by atoms with van der Waals surface area (Å²) >= 11 is 5.86. The lowest BCUT2D eigenvalue weighted by molar-refractivity contribution is 0.326. The summed E-state index contributed by atoms with van der Waals surface area (Å²) in [6.07, 6.45) is 1.70. The summed E-state index contributed by atoms with van der Waals surface area (Å²) in [6.45, 7) is 3.08. The highest BCUT2D eigenvalue weighted by Crippen LogP contribution is 2.20. The fourth-order valence-corrected chi connectivity index (χ4v) is 1.92. The second-order valence-corrected chi connectivity index (χ2v) is 4.53. The number of nitriles is 1. The Morgan fingerprint density at radius 3 is 2.95 bits per heavy atom. The number of aromatic nitrogens is 1. The van der Waals surface area contributed by atoms with Crippen molar-refractivity contribution in [1.29, 1.82) is 5.26 Å². The van der Waals surface area contributed by atoms with E-state index in [-0.39, 0.29) is 0 Å². The molecule has 2 rings (SSSR count). The molecule has 0 saturated carbocycles. The fraction of sp³-hybridized carbons (Fsp3) is 0.200. The zero-order valence-corrected chi connectivity index (χ0v) is 11.8. The van der Waals surface area contributed by atoms with Gasteiger partial charge in [-0.3, -0.25) is 0 Å². The Morgan fingerprint density at radius 2 is 2.20 bits per heavy atom. The van der Waals surface area contributed by atoms with Gasteiger partial charge in [-0.2, -0.15) is 5.26 Å². The molecule has 0 amide bonds. The van der Waals surface area contributed by atoms with Crippen LogP contribution in [0.4, 0.5) is 5.69 Å². The van der Waals surface area contributed by atoms with E-state index in [0.717, 1.165) is 11.3 Å². The maximum Gasteiger partial charge on any atom is 0.213 e. The molecule has 0 aliphatic carbocycles. The third-order valence-corrected chi connectivity index (χ3v) is 2.91. The van der Waals surface area contributed by atoms with Crippen LogP contribution in [-0.2, 0) is 6.54 Å². The van der Waals surface area contributed by atoms with Gasteiger partial charge in [-0.1, -0.05) is 11.6 Å². The standard InChI is InChI=1S/C15H14ClN3O/c1-2-20-15-7-11(5-6-18-15)10-19-14-4-3-13(16)8-12(14)9-17/h3-8,19H,2,10H2,1H3. The first-order valence-corrected chi connectivity index (χ1v) is 6.62. The SMILES string of the molecule is CCOc1cc(CNc2ccc(Cl)cc2C#N)ccn1. The Balaban J connectivity index is 2.09. The van der Waals surface area contributed by atoms with Crippen molar-refractivity contribution in [3.05, 3.63) is 52.7 Å². The Hall–Kier alpha value is -2.25. The monoisotopic (exact) mass is 287 g/mol. The topological polar surface area (TPSA) is 57.9 Å². The molecule has 0 unspecified atom stereocenters. The Labute approximate surface area is 123 Å². The molecule has 1 N–H and O–H groups in total. The Morgan fingerprint density at radius 1 is 1.35 bits per heavy atom. The van der Waals surface area contributed by atoms with Crippen molar-refractivity contribution in [3.8, 4) is 11.9 Å². The van der Waals surface area contributed by atoms with Gasteiger partial charge in [0, 0.05) is 23.8 Å². The summed E-state index contributed by atoms with van der Waals surface area (Å²) in [4.78, 5) is 4.11. The number of ether oxygens (including phenoxy) is 1. The third-order valence-electron chi connectivity index (χ3n) is 2.68. The molecule has 1 aromatic carbocycles. The van der Waals surface area contributed by atoms with Gasteiger partial charge in [0.05, 0.1) is 17.9 Å². The first kappa shape index (κ1) is 14.2. The van der Waals surface area contributed by atoms with Crippen LogP contribution >= 0.6 is 11.6 Å². The summed E-state index contributed by atoms with van der Waals surface area (Å²) in [5.74, 6) is 0.600. The predicted octanol–water partition coefficient (Wildman–Crippen LogP) is 3.62. The van der Waals surface area contributed by atoms with E-state index in [0.29, 0.717) is 29.6 Å². The first-order valence-electron chi connectivity index (χ1n) is 6.24. The zero-order chi connectivity index (χ0) is 14.4. The lowest BCUT2D eigenvalue weighted by Gasteiger charge is -2.09. The van der Waals surface area contributed by atoms with Gasteiger partial charge in [-0.15, -0.1) is 0 Å². The van der Waals surface area contributed by atoms with Crippen molar-refractivity contribution in [3.63, 3.8) is 0 Å². The summed E-state index contributed by atoms with van der Waals surface area (Å²) in [5, 5.41) is 12.8. The minimum Gasteiger partial charge on any atom is -0.478 e. The molecule has 0 saturated heterocycles. The van der Waals surface area contributed by atoms with E-state index in [1.807, 2.05) is 19.1 Å². The van der Waals surface area contributed by atoms with Gasteiger partial charge in [0.1, 0.15) is 6.07 Å². The average Bonchev–Trinajstić information content (AvgIpc) is 2.46. The summed E-state index contributed by atoms with van der Waals surface area (Å²) < 4.78 is 5.35. The Kier molecular flexibility index (Phi) is 4.80. The van der Waals surface area contributed by atoms with Crippen LogP contribution in [0.1, 0.15) is 18.1 Å². The molecule has 0 spiro atoms. The molecule has 1 heterocycles. The summed E-state index contributed by atoms with van der Waals surface area (Å²) in [6, 6.07) is 11.1. The number of pyridine rings is 1. The van der Waals surface area contributed by atoms with E-state index in [2.05, 4.69) is 16.4 Å². The van der Waals surface area contributed by atoms with Crippen molar-refractivity contribution in [2.24, 2.45) is 0 Å². The highest BCUT2D eigenvalue weighted by atomic mass is 35.5. The largest absolute Gasteiger partial charge is 0.478 e. The number of hydrogen-bond acceptors (Lipinski definition) is 4. The van der Waals surface area contributed by atoms with Crippen molar-refractivity contribution < 1.29 is 4.74 Å². The molecule has 2 aromatic rings. The Bertz CT molecular complexity index is 637. The van der Waals surface area contributed by atoms with Crippen LogP contribution in [0.25, 0.3) is 0 Å². The molecule has 0 aliphatic heterocycles. The lowest BCUT2D eigenvalue weighted by Crippen LogP contribution is -2.02. The number of benzene rings is 1. The molecule has 0 radical (unpaired) electrons. The van der Waals surface area contributed by atoms with Gasteiger partial charge < -0.3 is 10.1 Å². The number of rotatable bonds is 5. The van der Waals surface area contributed by atoms with Crippen LogP contribution < -0.4 is 10.1 Å². The smallest absolute Gasteiger partial charge is 0.213 e. The first-order chi connectivity index (χ1) is 9.72. The maximum absolute atomic E-state index is 9.08. The summed E-state index contributed by atoms with van der Waals surface area (Å²) in [5.41, 5.74) is 2.31. The van der Waals surface area contributed by atoms with E-state index in [4.69, 9.17) is 21.6 Å². The van der Waals surface area contributed by atoms with Crippen molar-refractivity contribution in [2.45, 2.75) is 13.5 Å². The highest BCUT2D eigenvalue weighted by molar-refractivity contribution is 6.30. The van der Waals surface area contributed by atoms with E-state index >= 15 is 0 Å². The molecule has 4 nitrogen and oxygen atoms in total. The molecule has 0 fully saturated rings. The van der Waals surface area contributed by atoms with Gasteiger partial charge in [0.25, 0.3) is 0 Å². The van der Waals surface area contributed by atoms with Crippen LogP contribution in [0.5, 0.6) is 5.88 Å². The van der Waals surface area contributed by atoms with Gasteiger partial charge >= 0.3 is 0 Å². The van der Waals surface area contributed by atoms with Crippen molar-refractivity contribution in [1.82, 2.24) is 4.98 Å². The van der Waals surface area contributed by atoms with Crippen molar-refractivity contribution >= 4 is 17.3 Å². The molecule has 102 valence electrons. The third kappa shape index (κ3) is 3.62. The molecular weight excluding hydrogens is 274 g/mol. The quantitative estimate of drug-likeness (QED) is 0.912. The molecular formula is C15H14ClN3O. The van der Waals surface area contributed by atoms with Crippen LogP contribution in [0.3, 0.4) is 0 Å². The highest BCUT2D eigenvalue weighted by Gasteiger charge is 2.03. The van der Waals surface area contributed by atoms with E-state index in [1.54, 1.807) is 24.4 Å². The number of halogens is 1. The minimum absolute atomic E-state index is 0.525. The average molecular weight is 288 g/mol. The minimum atomic E-state index is 0.525. The molecule has 0 aliphatic rings. The number of anilines is 1. The zero-order valence-electron chi connectivity index (χ0n) is 11.1. The van der Waals surface area contributed by atoms with Crippen LogP contribution in [-0.4, -0.2) is 11.6 Å². The lowest BCUT2D eigenvalue weighted by atomic mass is 10.2. The van der Waals surface area contributed by atoms with Crippen LogP contribution in [0.2, 0.25) is 5.02 Å². The second kappa shape index (κ2) is 6.78. The normalized spacial score (nSPS) is 9.85. The molecule has 5 heteroatoms. The van der Waals surface area contributed by atoms with E-state index in [9.17, 15) is 0 Å².